The third-order valence-corrected chi connectivity index (χ3v) is 3.72. The van der Waals surface area contributed by atoms with E-state index in [1.54, 1.807) is 0 Å². The highest BCUT2D eigenvalue weighted by Gasteiger charge is 2.15. The van der Waals surface area contributed by atoms with Crippen LogP contribution in [-0.2, 0) is 6.54 Å². The van der Waals surface area contributed by atoms with Gasteiger partial charge in [-0.2, -0.15) is 0 Å². The first-order chi connectivity index (χ1) is 9.83. The average Bonchev–Trinajstić information content (AvgIpc) is 2.72. The minimum Gasteiger partial charge on any atom is -0.395 e. The molecule has 2 rings (SSSR count). The number of aliphatic hydroxyl groups excluding tert-OH is 1. The van der Waals surface area contributed by atoms with Gasteiger partial charge in [0.05, 0.1) is 6.61 Å². The summed E-state index contributed by atoms with van der Waals surface area (Å²) in [6, 6.07) is 4.27. The van der Waals surface area contributed by atoms with Gasteiger partial charge < -0.3 is 15.3 Å². The Kier molecular flexibility index (Phi) is 6.24. The molecule has 0 aliphatic carbocycles. The summed E-state index contributed by atoms with van der Waals surface area (Å²) in [5.41, 5.74) is 1.23. The summed E-state index contributed by atoms with van der Waals surface area (Å²) < 4.78 is 0. The number of aliphatic hydroxyl groups is 1. The molecule has 5 heteroatoms. The number of nitrogens with zero attached hydrogens (tertiary/aromatic N) is 3. The molecule has 0 aromatic carbocycles. The van der Waals surface area contributed by atoms with E-state index in [4.69, 9.17) is 5.11 Å². The summed E-state index contributed by atoms with van der Waals surface area (Å²) in [5.74, 6) is 1.07. The van der Waals surface area contributed by atoms with E-state index in [1.165, 1.54) is 5.56 Å². The maximum absolute atomic E-state index is 9.02. The third-order valence-electron chi connectivity index (χ3n) is 3.72. The molecule has 0 spiro atoms. The number of β-amino-alcohol motifs (C(OH)–C–C–N with tert-alkyl or cyclic N) is 1. The van der Waals surface area contributed by atoms with E-state index >= 15 is 0 Å². The zero-order valence-corrected chi connectivity index (χ0v) is 12.4. The van der Waals surface area contributed by atoms with Crippen LogP contribution >= 0.6 is 0 Å². The highest BCUT2D eigenvalue weighted by Crippen LogP contribution is 2.14. The second kappa shape index (κ2) is 8.19. The summed E-state index contributed by atoms with van der Waals surface area (Å²) in [6.45, 7) is 9.10. The van der Waals surface area contributed by atoms with Crippen LogP contribution < -0.4 is 10.2 Å². The topological polar surface area (TPSA) is 51.6 Å². The van der Waals surface area contributed by atoms with Crippen LogP contribution in [0.5, 0.6) is 0 Å². The summed E-state index contributed by atoms with van der Waals surface area (Å²) in [7, 11) is 0. The van der Waals surface area contributed by atoms with Gasteiger partial charge in [-0.15, -0.1) is 0 Å². The summed E-state index contributed by atoms with van der Waals surface area (Å²) >= 11 is 0. The van der Waals surface area contributed by atoms with Gasteiger partial charge in [0.25, 0.3) is 0 Å². The second-order valence-corrected chi connectivity index (χ2v) is 5.21. The maximum Gasteiger partial charge on any atom is 0.128 e. The Hall–Kier alpha value is -1.17. The number of hydrogen-bond acceptors (Lipinski definition) is 5. The third kappa shape index (κ3) is 4.44. The van der Waals surface area contributed by atoms with Crippen molar-refractivity contribution < 1.29 is 5.11 Å². The van der Waals surface area contributed by atoms with Crippen LogP contribution in [0.15, 0.2) is 18.3 Å². The zero-order valence-electron chi connectivity index (χ0n) is 12.4. The van der Waals surface area contributed by atoms with Crippen LogP contribution in [0.4, 0.5) is 5.82 Å². The fourth-order valence-electron chi connectivity index (χ4n) is 2.54. The molecule has 1 fully saturated rings. The molecule has 20 heavy (non-hydrogen) atoms. The van der Waals surface area contributed by atoms with Crippen molar-refractivity contribution in [3.05, 3.63) is 23.9 Å². The van der Waals surface area contributed by atoms with E-state index in [0.717, 1.165) is 58.1 Å². The van der Waals surface area contributed by atoms with Crippen molar-refractivity contribution in [3.8, 4) is 0 Å². The molecule has 1 aliphatic heterocycles. The number of anilines is 1. The van der Waals surface area contributed by atoms with Crippen molar-refractivity contribution in [3.63, 3.8) is 0 Å². The molecule has 0 amide bonds. The number of pyridine rings is 1. The number of aromatic nitrogens is 1. The minimum absolute atomic E-state index is 0.247. The first kappa shape index (κ1) is 15.2. The lowest BCUT2D eigenvalue weighted by Crippen LogP contribution is -2.32. The predicted octanol–water partition coefficient (Wildman–Crippen LogP) is 0.695. The van der Waals surface area contributed by atoms with E-state index in [1.807, 2.05) is 6.20 Å². The lowest BCUT2D eigenvalue weighted by Gasteiger charge is -2.22. The molecular weight excluding hydrogens is 252 g/mol. The summed E-state index contributed by atoms with van der Waals surface area (Å²) in [5, 5.41) is 12.3. The van der Waals surface area contributed by atoms with Crippen LogP contribution in [0.3, 0.4) is 0 Å². The average molecular weight is 278 g/mol. The van der Waals surface area contributed by atoms with Crippen molar-refractivity contribution in [2.75, 3.05) is 50.8 Å². The minimum atomic E-state index is 0.247. The molecular formula is C15H26N4O. The molecule has 0 bridgehead atoms. The molecule has 2 N–H and O–H groups in total. The van der Waals surface area contributed by atoms with Gasteiger partial charge in [0.15, 0.2) is 0 Å². The monoisotopic (exact) mass is 278 g/mol. The van der Waals surface area contributed by atoms with Gasteiger partial charge in [-0.25, -0.2) is 4.98 Å². The molecule has 1 saturated heterocycles. The van der Waals surface area contributed by atoms with Crippen LogP contribution in [0, 0.1) is 0 Å². The largest absolute Gasteiger partial charge is 0.395 e. The molecule has 1 aliphatic rings. The van der Waals surface area contributed by atoms with E-state index in [9.17, 15) is 0 Å². The summed E-state index contributed by atoms with van der Waals surface area (Å²) in [4.78, 5) is 9.25. The molecule has 1 aromatic heterocycles. The van der Waals surface area contributed by atoms with Gasteiger partial charge in [0.2, 0.25) is 0 Å². The molecule has 1 aromatic rings. The Morgan fingerprint density at radius 2 is 2.15 bits per heavy atom. The van der Waals surface area contributed by atoms with Crippen molar-refractivity contribution in [1.82, 2.24) is 15.2 Å². The number of hydrogen-bond donors (Lipinski definition) is 2. The fraction of sp³-hybridized carbons (Fsp3) is 0.667. The van der Waals surface area contributed by atoms with Crippen molar-refractivity contribution >= 4 is 5.82 Å². The highest BCUT2D eigenvalue weighted by atomic mass is 16.3. The van der Waals surface area contributed by atoms with Crippen LogP contribution in [0.25, 0.3) is 0 Å². The Bertz CT molecular complexity index is 382. The quantitative estimate of drug-likeness (QED) is 0.802. The van der Waals surface area contributed by atoms with Crippen molar-refractivity contribution in [2.45, 2.75) is 19.9 Å². The number of rotatable bonds is 6. The van der Waals surface area contributed by atoms with E-state index < -0.39 is 0 Å². The first-order valence-corrected chi connectivity index (χ1v) is 7.57. The van der Waals surface area contributed by atoms with Gasteiger partial charge in [-0.05, 0) is 31.1 Å². The Morgan fingerprint density at radius 3 is 2.85 bits per heavy atom. The van der Waals surface area contributed by atoms with Gasteiger partial charge >= 0.3 is 0 Å². The molecule has 112 valence electrons. The molecule has 0 unspecified atom stereocenters. The number of nitrogens with one attached hydrogen (secondary N) is 1. The Balaban J connectivity index is 1.90. The van der Waals surface area contributed by atoms with E-state index in [2.05, 4.69) is 39.2 Å². The van der Waals surface area contributed by atoms with Crippen molar-refractivity contribution in [2.24, 2.45) is 0 Å². The Labute approximate surface area is 121 Å². The van der Waals surface area contributed by atoms with E-state index in [0.29, 0.717) is 0 Å². The lowest BCUT2D eigenvalue weighted by atomic mass is 10.2. The van der Waals surface area contributed by atoms with Crippen LogP contribution in [0.1, 0.15) is 18.9 Å². The molecule has 0 atom stereocenters. The van der Waals surface area contributed by atoms with Gasteiger partial charge in [0, 0.05) is 38.9 Å². The molecule has 0 radical (unpaired) electrons. The van der Waals surface area contributed by atoms with Gasteiger partial charge in [0.1, 0.15) is 5.82 Å². The normalized spacial score (nSPS) is 17.2. The standard InChI is InChI=1S/C15H26N4O/c1-2-16-12-14-4-5-15(17-13-14)19-7-3-6-18(8-9-19)10-11-20/h4-5,13,16,20H,2-3,6-12H2,1H3. The van der Waals surface area contributed by atoms with Gasteiger partial charge in [-0.3, -0.25) is 4.90 Å². The Morgan fingerprint density at radius 1 is 1.25 bits per heavy atom. The second-order valence-electron chi connectivity index (χ2n) is 5.21. The van der Waals surface area contributed by atoms with Gasteiger partial charge in [-0.1, -0.05) is 13.0 Å². The smallest absolute Gasteiger partial charge is 0.128 e. The zero-order chi connectivity index (χ0) is 14.2. The highest BCUT2D eigenvalue weighted by molar-refractivity contribution is 5.39. The molecule has 5 nitrogen and oxygen atoms in total. The predicted molar refractivity (Wildman–Crippen MR) is 82.0 cm³/mol. The SMILES string of the molecule is CCNCc1ccc(N2CCCN(CCO)CC2)nc1. The van der Waals surface area contributed by atoms with E-state index in [-0.39, 0.29) is 6.61 Å². The first-order valence-electron chi connectivity index (χ1n) is 7.57. The van der Waals surface area contributed by atoms with Crippen LogP contribution in [0.2, 0.25) is 0 Å². The fourth-order valence-corrected chi connectivity index (χ4v) is 2.54. The maximum atomic E-state index is 9.02. The molecule has 0 saturated carbocycles. The van der Waals surface area contributed by atoms with Crippen LogP contribution in [-0.4, -0.2) is 60.9 Å². The molecule has 2 heterocycles. The summed E-state index contributed by atoms with van der Waals surface area (Å²) in [6.07, 6.45) is 3.09. The lowest BCUT2D eigenvalue weighted by molar-refractivity contribution is 0.204. The van der Waals surface area contributed by atoms with Crippen molar-refractivity contribution in [1.29, 1.82) is 0 Å².